The van der Waals surface area contributed by atoms with Gasteiger partial charge in [0, 0.05) is 45.3 Å². The Bertz CT molecular complexity index is 776. The number of piperazine rings is 1. The average molecular weight is 384 g/mol. The largest absolute Gasteiger partial charge is 0.497 e. The highest BCUT2D eigenvalue weighted by Gasteiger charge is 2.28. The highest BCUT2D eigenvalue weighted by molar-refractivity contribution is 5.48. The Morgan fingerprint density at radius 3 is 2.61 bits per heavy atom. The third-order valence-electron chi connectivity index (χ3n) is 6.04. The van der Waals surface area contributed by atoms with E-state index in [4.69, 9.17) is 4.74 Å². The van der Waals surface area contributed by atoms with Crippen LogP contribution in [0.25, 0.3) is 0 Å². The molecule has 0 spiro atoms. The molecule has 0 amide bonds. The van der Waals surface area contributed by atoms with E-state index >= 15 is 0 Å². The number of anilines is 1. The monoisotopic (exact) mass is 383 g/mol. The zero-order valence-corrected chi connectivity index (χ0v) is 16.7. The van der Waals surface area contributed by atoms with Gasteiger partial charge in [-0.15, -0.1) is 0 Å². The van der Waals surface area contributed by atoms with Crippen LogP contribution in [0.15, 0.2) is 48.5 Å². The Labute approximate surface area is 167 Å². The molecule has 150 valence electrons. The van der Waals surface area contributed by atoms with Crippen LogP contribution in [0.2, 0.25) is 0 Å². The van der Waals surface area contributed by atoms with Crippen LogP contribution in [0.5, 0.6) is 5.75 Å². The first-order valence-corrected chi connectivity index (χ1v) is 10.3. The van der Waals surface area contributed by atoms with Gasteiger partial charge in [0.15, 0.2) is 0 Å². The predicted molar refractivity (Wildman–Crippen MR) is 111 cm³/mol. The Kier molecular flexibility index (Phi) is 6.13. The molecule has 5 heteroatoms. The molecule has 1 atom stereocenters. The molecule has 28 heavy (non-hydrogen) atoms. The standard InChI is InChI=1S/C23H30FN3O/c1-28-21-8-4-6-19(16-21)17-25-11-5-7-20(18-25)26-12-14-27(15-13-26)23-10-3-2-9-22(23)24/h2-4,6,8-10,16,20H,5,7,11-15,17-18H2,1H3/t20-/m0/s1. The smallest absolute Gasteiger partial charge is 0.146 e. The molecular weight excluding hydrogens is 353 g/mol. The second-order valence-electron chi connectivity index (χ2n) is 7.86. The number of benzene rings is 2. The van der Waals surface area contributed by atoms with Crippen LogP contribution in [-0.2, 0) is 6.54 Å². The van der Waals surface area contributed by atoms with Crippen molar-refractivity contribution in [3.05, 3.63) is 59.9 Å². The molecule has 0 radical (unpaired) electrons. The van der Waals surface area contributed by atoms with Crippen molar-refractivity contribution >= 4 is 5.69 Å². The molecule has 2 saturated heterocycles. The Morgan fingerprint density at radius 1 is 1.00 bits per heavy atom. The highest BCUT2D eigenvalue weighted by atomic mass is 19.1. The number of nitrogens with zero attached hydrogens (tertiary/aromatic N) is 3. The van der Waals surface area contributed by atoms with Crippen molar-refractivity contribution in [3.63, 3.8) is 0 Å². The van der Waals surface area contributed by atoms with Crippen LogP contribution in [0.3, 0.4) is 0 Å². The lowest BCUT2D eigenvalue weighted by molar-refractivity contribution is 0.0886. The summed E-state index contributed by atoms with van der Waals surface area (Å²) >= 11 is 0. The fourth-order valence-electron chi connectivity index (χ4n) is 4.54. The minimum atomic E-state index is -0.113. The maximum Gasteiger partial charge on any atom is 0.146 e. The number of hydrogen-bond donors (Lipinski definition) is 0. The number of hydrogen-bond acceptors (Lipinski definition) is 4. The molecule has 0 N–H and O–H groups in total. The van der Waals surface area contributed by atoms with Crippen molar-refractivity contribution in [3.8, 4) is 5.75 Å². The summed E-state index contributed by atoms with van der Waals surface area (Å²) < 4.78 is 19.4. The highest BCUT2D eigenvalue weighted by Crippen LogP contribution is 2.24. The van der Waals surface area contributed by atoms with Crippen molar-refractivity contribution in [1.82, 2.24) is 9.80 Å². The molecule has 2 aliphatic heterocycles. The van der Waals surface area contributed by atoms with E-state index in [1.807, 2.05) is 18.2 Å². The van der Waals surface area contributed by atoms with E-state index in [1.165, 1.54) is 18.4 Å². The van der Waals surface area contributed by atoms with Crippen molar-refractivity contribution < 1.29 is 9.13 Å². The van der Waals surface area contributed by atoms with Crippen molar-refractivity contribution in [2.75, 3.05) is 51.3 Å². The maximum absolute atomic E-state index is 14.1. The molecule has 2 fully saturated rings. The van der Waals surface area contributed by atoms with Gasteiger partial charge < -0.3 is 9.64 Å². The van der Waals surface area contributed by atoms with Crippen molar-refractivity contribution in [2.45, 2.75) is 25.4 Å². The normalized spacial score (nSPS) is 21.6. The van der Waals surface area contributed by atoms with Crippen LogP contribution >= 0.6 is 0 Å². The molecule has 2 aromatic carbocycles. The lowest BCUT2D eigenvalue weighted by Gasteiger charge is -2.44. The molecular formula is C23H30FN3O. The molecule has 0 unspecified atom stereocenters. The number of halogens is 1. The van der Waals surface area contributed by atoms with Crippen molar-refractivity contribution in [1.29, 1.82) is 0 Å². The minimum Gasteiger partial charge on any atom is -0.497 e. The molecule has 0 saturated carbocycles. The second kappa shape index (κ2) is 8.93. The number of piperidine rings is 1. The van der Waals surface area contributed by atoms with Crippen LogP contribution in [0.1, 0.15) is 18.4 Å². The zero-order chi connectivity index (χ0) is 19.3. The van der Waals surface area contributed by atoms with Gasteiger partial charge in [-0.3, -0.25) is 9.80 Å². The summed E-state index contributed by atoms with van der Waals surface area (Å²) in [5, 5.41) is 0. The summed E-state index contributed by atoms with van der Waals surface area (Å²) in [5.41, 5.74) is 2.05. The van der Waals surface area contributed by atoms with E-state index in [0.29, 0.717) is 6.04 Å². The Hall–Kier alpha value is -2.11. The molecule has 2 aromatic rings. The van der Waals surface area contributed by atoms with Gasteiger partial charge in [0.05, 0.1) is 12.8 Å². The van der Waals surface area contributed by atoms with E-state index in [2.05, 4.69) is 32.9 Å². The third kappa shape index (κ3) is 4.47. The van der Waals surface area contributed by atoms with Crippen molar-refractivity contribution in [2.24, 2.45) is 0 Å². The summed E-state index contributed by atoms with van der Waals surface area (Å²) in [6, 6.07) is 16.1. The lowest BCUT2D eigenvalue weighted by Crippen LogP contribution is -2.55. The van der Waals surface area contributed by atoms with Gasteiger partial charge in [-0.25, -0.2) is 4.39 Å². The quantitative estimate of drug-likeness (QED) is 0.785. The number of rotatable bonds is 5. The molecule has 4 rings (SSSR count). The summed E-state index contributed by atoms with van der Waals surface area (Å²) in [4.78, 5) is 7.35. The first-order valence-electron chi connectivity index (χ1n) is 10.3. The number of para-hydroxylation sites is 1. The molecule has 4 nitrogen and oxygen atoms in total. The van der Waals surface area contributed by atoms with Gasteiger partial charge in [-0.2, -0.15) is 0 Å². The molecule has 0 aromatic heterocycles. The number of likely N-dealkylation sites (tertiary alicyclic amines) is 1. The van der Waals surface area contributed by atoms with Gasteiger partial charge in [0.25, 0.3) is 0 Å². The Balaban J connectivity index is 1.32. The first kappa shape index (κ1) is 19.2. The fraction of sp³-hybridized carbons (Fsp3) is 0.478. The zero-order valence-electron chi connectivity index (χ0n) is 16.7. The molecule has 0 bridgehead atoms. The van der Waals surface area contributed by atoms with Gasteiger partial charge in [-0.05, 0) is 49.2 Å². The van der Waals surface area contributed by atoms with E-state index < -0.39 is 0 Å². The minimum absolute atomic E-state index is 0.113. The summed E-state index contributed by atoms with van der Waals surface area (Å²) in [7, 11) is 1.72. The Morgan fingerprint density at radius 2 is 1.82 bits per heavy atom. The number of methoxy groups -OCH3 is 1. The lowest BCUT2D eigenvalue weighted by atomic mass is 10.0. The van der Waals surface area contributed by atoms with Gasteiger partial charge >= 0.3 is 0 Å². The summed E-state index contributed by atoms with van der Waals surface area (Å²) in [6.45, 7) is 7.04. The molecule has 0 aliphatic carbocycles. The first-order chi connectivity index (χ1) is 13.7. The molecule has 2 heterocycles. The van der Waals surface area contributed by atoms with E-state index in [1.54, 1.807) is 19.2 Å². The fourth-order valence-corrected chi connectivity index (χ4v) is 4.54. The maximum atomic E-state index is 14.1. The average Bonchev–Trinajstić information content (AvgIpc) is 2.75. The topological polar surface area (TPSA) is 19.0 Å². The second-order valence-corrected chi connectivity index (χ2v) is 7.86. The van der Waals surface area contributed by atoms with Crippen LogP contribution < -0.4 is 9.64 Å². The van der Waals surface area contributed by atoms with Gasteiger partial charge in [-0.1, -0.05) is 24.3 Å². The molecule has 2 aliphatic rings. The summed E-state index contributed by atoms with van der Waals surface area (Å²) in [6.07, 6.45) is 2.50. The van der Waals surface area contributed by atoms with Crippen LogP contribution in [0, 0.1) is 5.82 Å². The summed E-state index contributed by atoms with van der Waals surface area (Å²) in [5.74, 6) is 0.813. The SMILES string of the molecule is COc1cccc(CN2CCC[C@H](N3CCN(c4ccccc4F)CC3)C2)c1. The van der Waals surface area contributed by atoms with E-state index in [9.17, 15) is 4.39 Å². The van der Waals surface area contributed by atoms with Gasteiger partial charge in [0.2, 0.25) is 0 Å². The van der Waals surface area contributed by atoms with Gasteiger partial charge in [0.1, 0.15) is 11.6 Å². The van der Waals surface area contributed by atoms with Crippen LogP contribution in [-0.4, -0.2) is 62.2 Å². The predicted octanol–water partition coefficient (Wildman–Crippen LogP) is 3.62. The van der Waals surface area contributed by atoms with E-state index in [-0.39, 0.29) is 5.82 Å². The number of ether oxygens (including phenoxy) is 1. The third-order valence-corrected chi connectivity index (χ3v) is 6.04. The van der Waals surface area contributed by atoms with E-state index in [0.717, 1.165) is 57.3 Å². The van der Waals surface area contributed by atoms with Crippen LogP contribution in [0.4, 0.5) is 10.1 Å².